The lowest BCUT2D eigenvalue weighted by Gasteiger charge is -2.17. The molecule has 4 rings (SSSR count). The molecule has 218 valence electrons. The van der Waals surface area contributed by atoms with E-state index in [2.05, 4.69) is 11.9 Å². The van der Waals surface area contributed by atoms with E-state index in [0.717, 1.165) is 27.8 Å². The summed E-state index contributed by atoms with van der Waals surface area (Å²) in [6.07, 6.45) is 3.91. The second-order valence-electron chi connectivity index (χ2n) is 9.48. The smallest absolute Gasteiger partial charge is 0.294 e. The summed E-state index contributed by atoms with van der Waals surface area (Å²) < 4.78 is 17.5. The Bertz CT molecular complexity index is 1480. The van der Waals surface area contributed by atoms with Gasteiger partial charge in [0.25, 0.3) is 11.1 Å². The van der Waals surface area contributed by atoms with Crippen molar-refractivity contribution >= 4 is 40.6 Å². The zero-order chi connectivity index (χ0) is 30.1. The van der Waals surface area contributed by atoms with E-state index in [1.165, 1.54) is 5.56 Å². The number of nitrogens with zero attached hydrogens (tertiary/aromatic N) is 1. The summed E-state index contributed by atoms with van der Waals surface area (Å²) in [6, 6.07) is 18.6. The second-order valence-corrected chi connectivity index (χ2v) is 10.5. The first-order chi connectivity index (χ1) is 20.3. The Morgan fingerprint density at radius 2 is 1.69 bits per heavy atom. The number of carbonyl (C=O) groups excluding carboxylic acids is 3. The fourth-order valence-corrected chi connectivity index (χ4v) is 5.11. The van der Waals surface area contributed by atoms with Gasteiger partial charge in [0.15, 0.2) is 11.5 Å². The predicted molar refractivity (Wildman–Crippen MR) is 166 cm³/mol. The SMILES string of the molecule is C=CCc1cc(/C=C2/SC(=O)N(CC(=O)Nc3ccc(OCC)cc3)C2=O)cc(OCC)c1OCc1ccc(C)cc1. The molecule has 1 heterocycles. The third kappa shape index (κ3) is 7.82. The van der Waals surface area contributed by atoms with E-state index < -0.39 is 23.6 Å². The molecule has 1 fully saturated rings. The van der Waals surface area contributed by atoms with Crippen molar-refractivity contribution in [2.75, 3.05) is 25.1 Å². The number of rotatable bonds is 13. The number of carbonyl (C=O) groups is 3. The maximum atomic E-state index is 13.1. The van der Waals surface area contributed by atoms with Gasteiger partial charge in [-0.3, -0.25) is 19.3 Å². The maximum Gasteiger partial charge on any atom is 0.294 e. The molecule has 0 aliphatic carbocycles. The lowest BCUT2D eigenvalue weighted by atomic mass is 10.0. The third-order valence-electron chi connectivity index (χ3n) is 6.24. The molecule has 0 atom stereocenters. The highest BCUT2D eigenvalue weighted by atomic mass is 32.2. The van der Waals surface area contributed by atoms with Gasteiger partial charge in [0.1, 0.15) is 18.9 Å². The standard InChI is InChI=1S/C33H34N2O6S/c1-5-8-25-17-24(18-28(40-7-3)31(25)41-21-23-11-9-22(4)10-12-23)19-29-32(37)35(33(38)42-29)20-30(36)34-26-13-15-27(16-14-26)39-6-2/h5,9-19H,1,6-8,20-21H2,2-4H3,(H,34,36)/b29-19+. The molecule has 1 aliphatic rings. The zero-order valence-corrected chi connectivity index (χ0v) is 24.8. The van der Waals surface area contributed by atoms with Crippen molar-refractivity contribution in [2.45, 2.75) is 33.8 Å². The number of hydrogen-bond acceptors (Lipinski definition) is 7. The fourth-order valence-electron chi connectivity index (χ4n) is 4.27. The van der Waals surface area contributed by atoms with Crippen LogP contribution in [0, 0.1) is 6.92 Å². The van der Waals surface area contributed by atoms with Gasteiger partial charge in [0, 0.05) is 11.3 Å². The van der Waals surface area contributed by atoms with Gasteiger partial charge in [-0.15, -0.1) is 6.58 Å². The molecule has 42 heavy (non-hydrogen) atoms. The Morgan fingerprint density at radius 3 is 2.36 bits per heavy atom. The highest BCUT2D eigenvalue weighted by molar-refractivity contribution is 8.18. The maximum absolute atomic E-state index is 13.1. The number of benzene rings is 3. The van der Waals surface area contributed by atoms with Crippen molar-refractivity contribution in [1.29, 1.82) is 0 Å². The summed E-state index contributed by atoms with van der Waals surface area (Å²) in [4.78, 5) is 39.6. The number of ether oxygens (including phenoxy) is 3. The first-order valence-corrected chi connectivity index (χ1v) is 14.5. The van der Waals surface area contributed by atoms with Gasteiger partial charge in [0.05, 0.1) is 18.1 Å². The monoisotopic (exact) mass is 586 g/mol. The van der Waals surface area contributed by atoms with Crippen LogP contribution in [0.5, 0.6) is 17.2 Å². The highest BCUT2D eigenvalue weighted by Crippen LogP contribution is 2.38. The van der Waals surface area contributed by atoms with E-state index >= 15 is 0 Å². The molecule has 8 nitrogen and oxygen atoms in total. The summed E-state index contributed by atoms with van der Waals surface area (Å²) in [6.45, 7) is 10.6. The van der Waals surface area contributed by atoms with E-state index in [9.17, 15) is 14.4 Å². The Balaban J connectivity index is 1.50. The molecule has 1 aliphatic heterocycles. The molecule has 9 heteroatoms. The molecule has 0 radical (unpaired) electrons. The minimum atomic E-state index is -0.533. The van der Waals surface area contributed by atoms with Crippen LogP contribution in [0.2, 0.25) is 0 Å². The van der Waals surface area contributed by atoms with Crippen molar-refractivity contribution < 1.29 is 28.6 Å². The van der Waals surface area contributed by atoms with E-state index in [-0.39, 0.29) is 4.91 Å². The van der Waals surface area contributed by atoms with E-state index in [0.29, 0.717) is 54.7 Å². The normalized spacial score (nSPS) is 13.8. The van der Waals surface area contributed by atoms with Crippen molar-refractivity contribution in [2.24, 2.45) is 0 Å². The average Bonchev–Trinajstić information content (AvgIpc) is 3.22. The molecule has 0 aromatic heterocycles. The Hall–Kier alpha value is -4.50. The first kappa shape index (κ1) is 30.5. The van der Waals surface area contributed by atoms with Crippen molar-refractivity contribution in [3.63, 3.8) is 0 Å². The molecule has 0 unspecified atom stereocenters. The predicted octanol–water partition coefficient (Wildman–Crippen LogP) is 6.77. The number of hydrogen-bond donors (Lipinski definition) is 1. The first-order valence-electron chi connectivity index (χ1n) is 13.7. The van der Waals surface area contributed by atoms with Gasteiger partial charge in [-0.2, -0.15) is 0 Å². The topological polar surface area (TPSA) is 94.2 Å². The Morgan fingerprint density at radius 1 is 0.976 bits per heavy atom. The quantitative estimate of drug-likeness (QED) is 0.174. The van der Waals surface area contributed by atoms with E-state index in [1.807, 2.05) is 51.1 Å². The molecule has 3 amide bonds. The summed E-state index contributed by atoms with van der Waals surface area (Å²) in [5.41, 5.74) is 4.24. The highest BCUT2D eigenvalue weighted by Gasteiger charge is 2.36. The van der Waals surface area contributed by atoms with Crippen LogP contribution in [0.25, 0.3) is 6.08 Å². The molecule has 3 aromatic rings. The number of amides is 3. The summed E-state index contributed by atoms with van der Waals surface area (Å²) >= 11 is 0.793. The Labute approximate surface area is 250 Å². The number of thioether (sulfide) groups is 1. The molecule has 3 aromatic carbocycles. The second kappa shape index (κ2) is 14.4. The number of imide groups is 1. The van der Waals surface area contributed by atoms with Gasteiger partial charge < -0.3 is 19.5 Å². The van der Waals surface area contributed by atoms with Crippen LogP contribution in [0.1, 0.15) is 36.1 Å². The number of aryl methyl sites for hydroxylation is 1. The number of allylic oxidation sites excluding steroid dienone is 1. The largest absolute Gasteiger partial charge is 0.494 e. The van der Waals surface area contributed by atoms with Crippen LogP contribution in [-0.2, 0) is 22.6 Å². The molecule has 0 bridgehead atoms. The van der Waals surface area contributed by atoms with Crippen LogP contribution in [0.4, 0.5) is 10.5 Å². The van der Waals surface area contributed by atoms with Gasteiger partial charge in [-0.25, -0.2) is 0 Å². The summed E-state index contributed by atoms with van der Waals surface area (Å²) in [5, 5.41) is 2.20. The zero-order valence-electron chi connectivity index (χ0n) is 24.0. The summed E-state index contributed by atoms with van der Waals surface area (Å²) in [5.74, 6) is 0.804. The van der Waals surface area contributed by atoms with Crippen LogP contribution in [-0.4, -0.2) is 41.7 Å². The average molecular weight is 587 g/mol. The minimum Gasteiger partial charge on any atom is -0.494 e. The lowest BCUT2D eigenvalue weighted by molar-refractivity contribution is -0.127. The molecular weight excluding hydrogens is 552 g/mol. The summed E-state index contributed by atoms with van der Waals surface area (Å²) in [7, 11) is 0. The third-order valence-corrected chi connectivity index (χ3v) is 7.15. The van der Waals surface area contributed by atoms with Gasteiger partial charge in [0.2, 0.25) is 5.91 Å². The van der Waals surface area contributed by atoms with Gasteiger partial charge in [-0.05, 0) is 92.6 Å². The number of anilines is 1. The van der Waals surface area contributed by atoms with Crippen molar-refractivity contribution in [1.82, 2.24) is 4.90 Å². The minimum absolute atomic E-state index is 0.217. The molecule has 1 N–H and O–H groups in total. The molecule has 0 spiro atoms. The van der Waals surface area contributed by atoms with E-state index in [4.69, 9.17) is 14.2 Å². The fraction of sp³-hybridized carbons (Fsp3) is 0.242. The molecular formula is C33H34N2O6S. The molecule has 1 saturated heterocycles. The van der Waals surface area contributed by atoms with Crippen LogP contribution in [0.15, 0.2) is 78.2 Å². The van der Waals surface area contributed by atoms with Gasteiger partial charge >= 0.3 is 0 Å². The molecule has 0 saturated carbocycles. The van der Waals surface area contributed by atoms with Crippen LogP contribution in [0.3, 0.4) is 0 Å². The van der Waals surface area contributed by atoms with Crippen molar-refractivity contribution in [3.8, 4) is 17.2 Å². The van der Waals surface area contributed by atoms with Crippen LogP contribution >= 0.6 is 11.8 Å². The Kier molecular flexibility index (Phi) is 10.4. The van der Waals surface area contributed by atoms with Gasteiger partial charge in [-0.1, -0.05) is 35.9 Å². The van der Waals surface area contributed by atoms with Crippen LogP contribution < -0.4 is 19.5 Å². The van der Waals surface area contributed by atoms with Crippen molar-refractivity contribution in [3.05, 3.63) is 100 Å². The lowest BCUT2D eigenvalue weighted by Crippen LogP contribution is -2.36. The number of nitrogens with one attached hydrogen (secondary N) is 1. The van der Waals surface area contributed by atoms with E-state index in [1.54, 1.807) is 42.5 Å².